The molecule has 1 aromatic heterocycles. The lowest BCUT2D eigenvalue weighted by molar-refractivity contribution is 0.202. The van der Waals surface area contributed by atoms with Gasteiger partial charge in [-0.3, -0.25) is 0 Å². The van der Waals surface area contributed by atoms with Gasteiger partial charge in [-0.1, -0.05) is 39.3 Å². The smallest absolute Gasteiger partial charge is 0.123 e. The van der Waals surface area contributed by atoms with Crippen molar-refractivity contribution in [2.45, 2.75) is 24.4 Å². The highest BCUT2D eigenvalue weighted by atomic mass is 79.9. The molecule has 0 fully saturated rings. The summed E-state index contributed by atoms with van der Waals surface area (Å²) in [5.41, 5.74) is 2.22. The van der Waals surface area contributed by atoms with Gasteiger partial charge >= 0.3 is 0 Å². The van der Waals surface area contributed by atoms with Crippen LogP contribution in [0.5, 0.6) is 5.75 Å². The van der Waals surface area contributed by atoms with Gasteiger partial charge in [0.15, 0.2) is 0 Å². The van der Waals surface area contributed by atoms with Gasteiger partial charge in [-0.2, -0.15) is 0 Å². The van der Waals surface area contributed by atoms with Crippen molar-refractivity contribution in [3.63, 3.8) is 0 Å². The zero-order valence-corrected chi connectivity index (χ0v) is 10.8. The number of aromatic nitrogens is 3. The molecule has 0 amide bonds. The van der Waals surface area contributed by atoms with Gasteiger partial charge in [-0.25, -0.2) is 4.68 Å². The standard InChI is InChI=1S/C12H12BrN3O/c13-6-10-7-16(15-14-10)8-11-5-9-3-1-2-4-12(9)17-11/h1-4,7,11H,5-6,8H2. The Kier molecular flexibility index (Phi) is 2.84. The van der Waals surface area contributed by atoms with E-state index in [1.807, 2.05) is 29.1 Å². The first-order valence-electron chi connectivity index (χ1n) is 5.54. The normalized spacial score (nSPS) is 17.8. The number of hydrogen-bond acceptors (Lipinski definition) is 3. The number of rotatable bonds is 3. The summed E-state index contributed by atoms with van der Waals surface area (Å²) < 4.78 is 7.69. The number of halogens is 1. The quantitative estimate of drug-likeness (QED) is 0.815. The van der Waals surface area contributed by atoms with Crippen molar-refractivity contribution in [3.8, 4) is 5.75 Å². The van der Waals surface area contributed by atoms with E-state index < -0.39 is 0 Å². The van der Waals surface area contributed by atoms with E-state index in [4.69, 9.17) is 4.74 Å². The molecule has 1 aliphatic rings. The first kappa shape index (κ1) is 10.8. The number of para-hydroxylation sites is 1. The molecule has 1 aliphatic heterocycles. The van der Waals surface area contributed by atoms with Crippen molar-refractivity contribution in [3.05, 3.63) is 41.7 Å². The summed E-state index contributed by atoms with van der Waals surface area (Å²) in [6.07, 6.45) is 3.05. The number of ether oxygens (including phenoxy) is 1. The molecule has 0 saturated heterocycles. The van der Waals surface area contributed by atoms with E-state index in [1.165, 1.54) is 5.56 Å². The second-order valence-corrected chi connectivity index (χ2v) is 4.68. The monoisotopic (exact) mass is 293 g/mol. The molecule has 17 heavy (non-hydrogen) atoms. The van der Waals surface area contributed by atoms with Gasteiger partial charge in [-0.15, -0.1) is 5.10 Å². The van der Waals surface area contributed by atoms with E-state index in [0.29, 0.717) is 0 Å². The third kappa shape index (κ3) is 2.20. The predicted octanol–water partition coefficient (Wildman–Crippen LogP) is 2.18. The summed E-state index contributed by atoms with van der Waals surface area (Å²) in [7, 11) is 0. The highest BCUT2D eigenvalue weighted by Gasteiger charge is 2.22. The fraction of sp³-hybridized carbons (Fsp3) is 0.333. The van der Waals surface area contributed by atoms with Gasteiger partial charge in [0.2, 0.25) is 0 Å². The van der Waals surface area contributed by atoms with Crippen molar-refractivity contribution >= 4 is 15.9 Å². The van der Waals surface area contributed by atoms with Crippen LogP contribution in [-0.4, -0.2) is 21.1 Å². The van der Waals surface area contributed by atoms with Crippen LogP contribution in [0, 0.1) is 0 Å². The molecule has 0 bridgehead atoms. The van der Waals surface area contributed by atoms with E-state index >= 15 is 0 Å². The van der Waals surface area contributed by atoms with Crippen molar-refractivity contribution < 1.29 is 4.74 Å². The van der Waals surface area contributed by atoms with E-state index in [-0.39, 0.29) is 6.10 Å². The summed E-state index contributed by atoms with van der Waals surface area (Å²) in [5, 5.41) is 8.84. The van der Waals surface area contributed by atoms with E-state index in [9.17, 15) is 0 Å². The second kappa shape index (κ2) is 4.49. The molecule has 3 rings (SSSR count). The molecular formula is C12H12BrN3O. The molecule has 4 nitrogen and oxygen atoms in total. The molecule has 1 unspecified atom stereocenters. The van der Waals surface area contributed by atoms with Gasteiger partial charge in [0.25, 0.3) is 0 Å². The maximum absolute atomic E-state index is 5.85. The zero-order chi connectivity index (χ0) is 11.7. The molecule has 0 radical (unpaired) electrons. The van der Waals surface area contributed by atoms with Crippen LogP contribution in [0.1, 0.15) is 11.3 Å². The minimum absolute atomic E-state index is 0.164. The summed E-state index contributed by atoms with van der Waals surface area (Å²) in [4.78, 5) is 0. The number of alkyl halides is 1. The van der Waals surface area contributed by atoms with Crippen LogP contribution in [0.3, 0.4) is 0 Å². The predicted molar refractivity (Wildman–Crippen MR) is 67.2 cm³/mol. The van der Waals surface area contributed by atoms with Crippen LogP contribution >= 0.6 is 15.9 Å². The van der Waals surface area contributed by atoms with E-state index in [1.54, 1.807) is 0 Å². The Balaban J connectivity index is 1.69. The molecule has 88 valence electrons. The van der Waals surface area contributed by atoms with Crippen LogP contribution in [0.15, 0.2) is 30.5 Å². The van der Waals surface area contributed by atoms with Crippen LogP contribution in [0.4, 0.5) is 0 Å². The lowest BCUT2D eigenvalue weighted by Crippen LogP contribution is -2.21. The van der Waals surface area contributed by atoms with Gasteiger partial charge in [0.1, 0.15) is 11.9 Å². The largest absolute Gasteiger partial charge is 0.488 e. The minimum Gasteiger partial charge on any atom is -0.488 e. The number of nitrogens with zero attached hydrogens (tertiary/aromatic N) is 3. The van der Waals surface area contributed by atoms with Crippen LogP contribution in [0.25, 0.3) is 0 Å². The lowest BCUT2D eigenvalue weighted by Gasteiger charge is -2.09. The lowest BCUT2D eigenvalue weighted by atomic mass is 10.1. The van der Waals surface area contributed by atoms with Crippen LogP contribution in [-0.2, 0) is 18.3 Å². The van der Waals surface area contributed by atoms with Crippen molar-refractivity contribution in [1.82, 2.24) is 15.0 Å². The zero-order valence-electron chi connectivity index (χ0n) is 9.21. The maximum atomic E-state index is 5.85. The van der Waals surface area contributed by atoms with Crippen molar-refractivity contribution in [2.75, 3.05) is 0 Å². The van der Waals surface area contributed by atoms with Crippen LogP contribution < -0.4 is 4.74 Å². The Morgan fingerprint density at radius 1 is 1.41 bits per heavy atom. The highest BCUT2D eigenvalue weighted by Crippen LogP contribution is 2.28. The summed E-state index contributed by atoms with van der Waals surface area (Å²) >= 11 is 3.36. The molecule has 1 aromatic carbocycles. The molecule has 1 atom stereocenters. The Hall–Kier alpha value is -1.36. The Morgan fingerprint density at radius 3 is 3.06 bits per heavy atom. The Labute approximate surface area is 108 Å². The fourth-order valence-corrected chi connectivity index (χ4v) is 2.31. The molecule has 0 saturated carbocycles. The minimum atomic E-state index is 0.164. The molecule has 0 aliphatic carbocycles. The first-order valence-corrected chi connectivity index (χ1v) is 6.67. The molecule has 5 heteroatoms. The maximum Gasteiger partial charge on any atom is 0.123 e. The molecule has 0 spiro atoms. The summed E-state index contributed by atoms with van der Waals surface area (Å²) in [6.45, 7) is 0.745. The molecule has 2 heterocycles. The number of hydrogen-bond donors (Lipinski definition) is 0. The van der Waals surface area contributed by atoms with E-state index in [2.05, 4.69) is 32.3 Å². The van der Waals surface area contributed by atoms with E-state index in [0.717, 1.165) is 29.7 Å². The number of benzene rings is 1. The van der Waals surface area contributed by atoms with Crippen LogP contribution in [0.2, 0.25) is 0 Å². The van der Waals surface area contributed by atoms with Gasteiger partial charge in [0, 0.05) is 17.9 Å². The third-order valence-corrected chi connectivity index (χ3v) is 3.40. The SMILES string of the molecule is BrCc1cn(CC2Cc3ccccc3O2)nn1. The molecule has 0 N–H and O–H groups in total. The molecular weight excluding hydrogens is 282 g/mol. The van der Waals surface area contributed by atoms with Crippen molar-refractivity contribution in [2.24, 2.45) is 0 Å². The number of fused-ring (bicyclic) bond motifs is 1. The third-order valence-electron chi connectivity index (χ3n) is 2.83. The summed E-state index contributed by atoms with van der Waals surface area (Å²) in [5.74, 6) is 0.998. The van der Waals surface area contributed by atoms with Crippen molar-refractivity contribution in [1.29, 1.82) is 0 Å². The Bertz CT molecular complexity index is 501. The first-order chi connectivity index (χ1) is 8.35. The fourth-order valence-electron chi connectivity index (χ4n) is 2.05. The average Bonchev–Trinajstić information content (AvgIpc) is 2.94. The topological polar surface area (TPSA) is 39.9 Å². The highest BCUT2D eigenvalue weighted by molar-refractivity contribution is 9.08. The molecule has 2 aromatic rings. The summed E-state index contributed by atoms with van der Waals surface area (Å²) in [6, 6.07) is 8.17. The average molecular weight is 294 g/mol. The van der Waals surface area contributed by atoms with Gasteiger partial charge < -0.3 is 4.74 Å². The second-order valence-electron chi connectivity index (χ2n) is 4.12. The van der Waals surface area contributed by atoms with Gasteiger partial charge in [0.05, 0.1) is 12.2 Å². The Morgan fingerprint density at radius 2 is 2.29 bits per heavy atom. The van der Waals surface area contributed by atoms with Gasteiger partial charge in [-0.05, 0) is 11.6 Å².